The van der Waals surface area contributed by atoms with E-state index in [-0.39, 0.29) is 6.04 Å². The maximum absolute atomic E-state index is 4.86. The number of hydrogen-bond donors (Lipinski definition) is 1. The highest BCUT2D eigenvalue weighted by Gasteiger charge is 2.25. The fraction of sp³-hybridized carbons (Fsp3) is 0.125. The molecule has 0 spiro atoms. The van der Waals surface area contributed by atoms with Crippen LogP contribution in [0.4, 0.5) is 5.95 Å². The molecule has 0 fully saturated rings. The van der Waals surface area contributed by atoms with Gasteiger partial charge in [-0.2, -0.15) is 0 Å². The Hall–Kier alpha value is -2.85. The second-order valence-corrected chi connectivity index (χ2v) is 7.96. The molecule has 0 radical (unpaired) electrons. The number of nitrogens with zero attached hydrogens (tertiary/aromatic N) is 2. The van der Waals surface area contributed by atoms with Crippen molar-refractivity contribution in [3.8, 4) is 0 Å². The van der Waals surface area contributed by atoms with Crippen LogP contribution in [-0.2, 0) is 6.42 Å². The highest BCUT2D eigenvalue weighted by molar-refractivity contribution is 9.10. The van der Waals surface area contributed by atoms with E-state index in [4.69, 9.17) is 4.98 Å². The number of rotatable bonds is 3. The van der Waals surface area contributed by atoms with Crippen LogP contribution < -0.4 is 5.32 Å². The first-order chi connectivity index (χ1) is 13.7. The number of hydrogen-bond acceptors (Lipinski definition) is 2. The van der Waals surface area contributed by atoms with Crippen LogP contribution in [0.1, 0.15) is 29.7 Å². The van der Waals surface area contributed by atoms with Gasteiger partial charge >= 0.3 is 0 Å². The van der Waals surface area contributed by atoms with Crippen molar-refractivity contribution in [1.29, 1.82) is 0 Å². The molecule has 1 aliphatic heterocycles. The lowest BCUT2D eigenvalue weighted by Crippen LogP contribution is -2.19. The highest BCUT2D eigenvalue weighted by atomic mass is 79.9. The molecule has 28 heavy (non-hydrogen) atoms. The topological polar surface area (TPSA) is 29.9 Å². The quantitative estimate of drug-likeness (QED) is 0.407. The van der Waals surface area contributed by atoms with Crippen LogP contribution in [0, 0.1) is 0 Å². The van der Waals surface area contributed by atoms with Gasteiger partial charge in [0, 0.05) is 10.2 Å². The minimum atomic E-state index is 0.0909. The summed E-state index contributed by atoms with van der Waals surface area (Å²) in [5.74, 6) is 0.881. The van der Waals surface area contributed by atoms with Crippen LogP contribution in [-0.4, -0.2) is 9.55 Å². The van der Waals surface area contributed by atoms with Gasteiger partial charge in [-0.15, -0.1) is 0 Å². The van der Waals surface area contributed by atoms with E-state index in [1.165, 1.54) is 11.1 Å². The van der Waals surface area contributed by atoms with Gasteiger partial charge in [0.15, 0.2) is 0 Å². The minimum Gasteiger partial charge on any atom is -0.325 e. The number of aryl methyl sites for hydroxylation is 1. The van der Waals surface area contributed by atoms with Crippen LogP contribution in [0.2, 0.25) is 0 Å². The normalized spacial score (nSPS) is 15.8. The van der Waals surface area contributed by atoms with Crippen LogP contribution in [0.15, 0.2) is 83.3 Å². The Kier molecular flexibility index (Phi) is 4.29. The average molecular weight is 430 g/mol. The average Bonchev–Trinajstić information content (AvgIpc) is 3.12. The molecule has 4 heteroatoms. The zero-order valence-corrected chi connectivity index (χ0v) is 17.1. The lowest BCUT2D eigenvalue weighted by atomic mass is 9.99. The van der Waals surface area contributed by atoms with Crippen LogP contribution >= 0.6 is 15.9 Å². The van der Waals surface area contributed by atoms with E-state index in [2.05, 4.69) is 106 Å². The zero-order chi connectivity index (χ0) is 19.1. The summed E-state index contributed by atoms with van der Waals surface area (Å²) in [6, 6.07) is 25.7. The van der Waals surface area contributed by atoms with Crippen LogP contribution in [0.5, 0.6) is 0 Å². The Labute approximate surface area is 172 Å². The summed E-state index contributed by atoms with van der Waals surface area (Å²) in [6.07, 6.45) is 3.34. The predicted octanol–water partition coefficient (Wildman–Crippen LogP) is 6.42. The smallest absolute Gasteiger partial charge is 0.209 e. The van der Waals surface area contributed by atoms with Gasteiger partial charge in [-0.25, -0.2) is 4.98 Å². The summed E-state index contributed by atoms with van der Waals surface area (Å²) in [6.45, 7) is 2.19. The molecule has 0 aliphatic carbocycles. The van der Waals surface area contributed by atoms with Gasteiger partial charge in [-0.3, -0.25) is 4.57 Å². The summed E-state index contributed by atoms with van der Waals surface area (Å²) in [5, 5.41) is 3.54. The summed E-state index contributed by atoms with van der Waals surface area (Å²) in [4.78, 5) is 4.86. The Morgan fingerprint density at radius 3 is 2.46 bits per heavy atom. The number of para-hydroxylation sites is 2. The molecule has 0 bridgehead atoms. The van der Waals surface area contributed by atoms with Crippen LogP contribution in [0.3, 0.4) is 0 Å². The molecule has 3 nitrogen and oxygen atoms in total. The van der Waals surface area contributed by atoms with Gasteiger partial charge in [0.2, 0.25) is 5.95 Å². The molecule has 0 unspecified atom stereocenters. The molecular formula is C24H20BrN3. The van der Waals surface area contributed by atoms with Gasteiger partial charge in [0.1, 0.15) is 0 Å². The van der Waals surface area contributed by atoms with E-state index in [1.807, 2.05) is 6.07 Å². The fourth-order valence-electron chi connectivity index (χ4n) is 3.80. The van der Waals surface area contributed by atoms with E-state index in [0.717, 1.165) is 39.1 Å². The molecule has 0 saturated carbocycles. The first-order valence-electron chi connectivity index (χ1n) is 9.53. The lowest BCUT2D eigenvalue weighted by Gasteiger charge is -2.27. The van der Waals surface area contributed by atoms with E-state index < -0.39 is 0 Å². The molecule has 138 valence electrons. The van der Waals surface area contributed by atoms with E-state index in [0.29, 0.717) is 0 Å². The Morgan fingerprint density at radius 2 is 1.71 bits per heavy atom. The summed E-state index contributed by atoms with van der Waals surface area (Å²) < 4.78 is 3.37. The van der Waals surface area contributed by atoms with E-state index in [1.54, 1.807) is 0 Å². The Morgan fingerprint density at radius 1 is 0.964 bits per heavy atom. The lowest BCUT2D eigenvalue weighted by molar-refractivity contribution is 0.720. The molecule has 1 atom stereocenters. The molecule has 0 amide bonds. The summed E-state index contributed by atoms with van der Waals surface area (Å²) >= 11 is 3.52. The van der Waals surface area contributed by atoms with Crippen molar-refractivity contribution in [2.45, 2.75) is 19.4 Å². The highest BCUT2D eigenvalue weighted by Crippen LogP contribution is 2.37. The fourth-order valence-corrected chi connectivity index (χ4v) is 4.07. The maximum Gasteiger partial charge on any atom is 0.209 e. The number of imidazole rings is 1. The SMILES string of the molecule is CCc1ccc([C@H]2C=C(c3ccc(Br)cc3)Nc3nc4ccccc4n32)cc1. The third-order valence-corrected chi connectivity index (χ3v) is 5.86. The molecule has 1 aromatic heterocycles. The minimum absolute atomic E-state index is 0.0909. The first-order valence-corrected chi connectivity index (χ1v) is 10.3. The molecular weight excluding hydrogens is 410 g/mol. The van der Waals surface area contributed by atoms with Crippen molar-refractivity contribution >= 4 is 38.6 Å². The number of fused-ring (bicyclic) bond motifs is 3. The largest absolute Gasteiger partial charge is 0.325 e. The van der Waals surface area contributed by atoms with Gasteiger partial charge in [-0.05, 0) is 53.5 Å². The number of benzene rings is 3. The van der Waals surface area contributed by atoms with Crippen molar-refractivity contribution in [3.63, 3.8) is 0 Å². The number of allylic oxidation sites excluding steroid dienone is 1. The van der Waals surface area contributed by atoms with Crippen molar-refractivity contribution in [2.24, 2.45) is 0 Å². The van der Waals surface area contributed by atoms with E-state index in [9.17, 15) is 0 Å². The molecule has 0 saturated heterocycles. The number of halogens is 1. The van der Waals surface area contributed by atoms with Crippen molar-refractivity contribution in [2.75, 3.05) is 5.32 Å². The molecule has 3 aromatic carbocycles. The number of anilines is 1. The monoisotopic (exact) mass is 429 g/mol. The molecule has 1 N–H and O–H groups in total. The van der Waals surface area contributed by atoms with Crippen molar-refractivity contribution < 1.29 is 0 Å². The second-order valence-electron chi connectivity index (χ2n) is 7.05. The third-order valence-electron chi connectivity index (χ3n) is 5.33. The van der Waals surface area contributed by atoms with Crippen molar-refractivity contribution in [3.05, 3.63) is 100 Å². The van der Waals surface area contributed by atoms with Gasteiger partial charge in [0.05, 0.1) is 17.1 Å². The number of nitrogens with one attached hydrogen (secondary N) is 1. The third kappa shape index (κ3) is 2.94. The molecule has 1 aliphatic rings. The predicted molar refractivity (Wildman–Crippen MR) is 119 cm³/mol. The van der Waals surface area contributed by atoms with E-state index >= 15 is 0 Å². The first kappa shape index (κ1) is 17.3. The van der Waals surface area contributed by atoms with Crippen LogP contribution in [0.25, 0.3) is 16.7 Å². The Bertz CT molecular complexity index is 1170. The Balaban J connectivity index is 1.68. The van der Waals surface area contributed by atoms with Gasteiger partial charge < -0.3 is 5.32 Å². The van der Waals surface area contributed by atoms with Gasteiger partial charge in [-0.1, -0.05) is 71.4 Å². The maximum atomic E-state index is 4.86. The summed E-state index contributed by atoms with van der Waals surface area (Å²) in [7, 11) is 0. The van der Waals surface area contributed by atoms with Gasteiger partial charge in [0.25, 0.3) is 0 Å². The standard InChI is InChI=1S/C24H20BrN3/c1-2-16-7-9-18(10-8-16)23-15-21(17-11-13-19(25)14-12-17)27-24-26-20-5-3-4-6-22(20)28(23)24/h3-15,23H,2H2,1H3,(H,26,27)/t23-/m1/s1. The molecule has 2 heterocycles. The zero-order valence-electron chi connectivity index (χ0n) is 15.6. The second kappa shape index (κ2) is 6.95. The summed E-state index contributed by atoms with van der Waals surface area (Å²) in [5.41, 5.74) is 6.99. The van der Waals surface area contributed by atoms with Crippen molar-refractivity contribution in [1.82, 2.24) is 9.55 Å². The number of aromatic nitrogens is 2. The molecule has 4 aromatic rings. The molecule has 5 rings (SSSR count).